The van der Waals surface area contributed by atoms with Crippen LogP contribution in [0.5, 0.6) is 5.75 Å². The molecule has 3 nitrogen and oxygen atoms in total. The Bertz CT molecular complexity index is 441. The summed E-state index contributed by atoms with van der Waals surface area (Å²) < 4.78 is 5.82. The van der Waals surface area contributed by atoms with Crippen molar-refractivity contribution in [3.63, 3.8) is 0 Å². The second-order valence-corrected chi connectivity index (χ2v) is 7.11. The monoisotopic (exact) mass is 321 g/mol. The van der Waals surface area contributed by atoms with Crippen molar-refractivity contribution in [1.29, 1.82) is 0 Å². The van der Waals surface area contributed by atoms with Gasteiger partial charge in [0.15, 0.2) is 0 Å². The second-order valence-electron chi connectivity index (χ2n) is 7.11. The highest BCUT2D eigenvalue weighted by molar-refractivity contribution is 5.29. The van der Waals surface area contributed by atoms with Crippen LogP contribution in [-0.4, -0.2) is 34.8 Å². The number of hydrogen-bond acceptors (Lipinski definition) is 3. The van der Waals surface area contributed by atoms with Crippen molar-refractivity contribution in [2.45, 2.75) is 78.5 Å². The molecule has 1 aromatic carbocycles. The van der Waals surface area contributed by atoms with Gasteiger partial charge in [-0.1, -0.05) is 32.4 Å². The third-order valence-electron chi connectivity index (χ3n) is 4.56. The minimum Gasteiger partial charge on any atom is -0.485 e. The molecule has 1 rings (SSSR count). The number of hydrogen-bond donors (Lipinski definition) is 1. The summed E-state index contributed by atoms with van der Waals surface area (Å²) in [4.78, 5) is 2.59. The van der Waals surface area contributed by atoms with Gasteiger partial charge < -0.3 is 9.84 Å². The molecule has 0 fully saturated rings. The molecule has 23 heavy (non-hydrogen) atoms. The molecule has 0 saturated heterocycles. The standard InChI is InChI=1S/C20H35NO2/c1-7-9-14-21(16(3)8-2)17(4)18-10-12-19(13-11-18)23-20(5,6)15-22/h10-13,16-17,22H,7-9,14-15H2,1-6H3/t16-,17?/m0/s1. The van der Waals surface area contributed by atoms with Crippen LogP contribution in [0.25, 0.3) is 0 Å². The highest BCUT2D eigenvalue weighted by Crippen LogP contribution is 2.27. The van der Waals surface area contributed by atoms with E-state index in [9.17, 15) is 5.11 Å². The van der Waals surface area contributed by atoms with Crippen molar-refractivity contribution in [2.75, 3.05) is 13.2 Å². The lowest BCUT2D eigenvalue weighted by Gasteiger charge is -2.34. The van der Waals surface area contributed by atoms with Crippen molar-refractivity contribution in [1.82, 2.24) is 4.90 Å². The first kappa shape index (κ1) is 20.0. The third-order valence-corrected chi connectivity index (χ3v) is 4.56. The maximum Gasteiger partial charge on any atom is 0.126 e. The van der Waals surface area contributed by atoms with Crippen molar-refractivity contribution in [2.24, 2.45) is 0 Å². The number of nitrogens with zero attached hydrogens (tertiary/aromatic N) is 1. The Kier molecular flexibility index (Phi) is 8.07. The molecule has 0 saturated carbocycles. The van der Waals surface area contributed by atoms with Crippen LogP contribution in [0.15, 0.2) is 24.3 Å². The Hall–Kier alpha value is -1.06. The minimum atomic E-state index is -0.545. The molecule has 0 radical (unpaired) electrons. The Balaban J connectivity index is 2.83. The molecule has 1 aromatic rings. The number of rotatable bonds is 10. The Labute approximate surface area is 142 Å². The van der Waals surface area contributed by atoms with Crippen molar-refractivity contribution < 1.29 is 9.84 Å². The highest BCUT2D eigenvalue weighted by atomic mass is 16.5. The van der Waals surface area contributed by atoms with Crippen LogP contribution in [-0.2, 0) is 0 Å². The van der Waals surface area contributed by atoms with Crippen molar-refractivity contribution >= 4 is 0 Å². The average molecular weight is 322 g/mol. The Morgan fingerprint density at radius 1 is 1.13 bits per heavy atom. The van der Waals surface area contributed by atoms with E-state index in [4.69, 9.17) is 4.74 Å². The topological polar surface area (TPSA) is 32.7 Å². The van der Waals surface area contributed by atoms with Crippen molar-refractivity contribution in [3.05, 3.63) is 29.8 Å². The number of ether oxygens (including phenoxy) is 1. The molecule has 0 aliphatic heterocycles. The van der Waals surface area contributed by atoms with Crippen LogP contribution >= 0.6 is 0 Å². The van der Waals surface area contributed by atoms with Gasteiger partial charge in [-0.15, -0.1) is 0 Å². The van der Waals surface area contributed by atoms with Gasteiger partial charge in [-0.3, -0.25) is 4.90 Å². The number of aliphatic hydroxyl groups excluding tert-OH is 1. The number of benzene rings is 1. The maximum absolute atomic E-state index is 9.31. The first-order valence-electron chi connectivity index (χ1n) is 9.00. The molecule has 132 valence electrons. The SMILES string of the molecule is CCCCN(C(C)c1ccc(OC(C)(C)CO)cc1)[C@@H](C)CC. The van der Waals surface area contributed by atoms with E-state index in [0.717, 1.165) is 12.3 Å². The van der Waals surface area contributed by atoms with Gasteiger partial charge in [0.05, 0.1) is 6.61 Å². The highest BCUT2D eigenvalue weighted by Gasteiger charge is 2.21. The Morgan fingerprint density at radius 2 is 1.74 bits per heavy atom. The maximum atomic E-state index is 9.31. The molecule has 1 N–H and O–H groups in total. The molecule has 0 heterocycles. The zero-order valence-corrected chi connectivity index (χ0v) is 15.8. The van der Waals surface area contributed by atoms with Crippen LogP contribution in [0.2, 0.25) is 0 Å². The quantitative estimate of drug-likeness (QED) is 0.672. The van der Waals surface area contributed by atoms with E-state index in [1.165, 1.54) is 24.8 Å². The van der Waals surface area contributed by atoms with Gasteiger partial charge in [-0.2, -0.15) is 0 Å². The Morgan fingerprint density at radius 3 is 2.22 bits per heavy atom. The molecule has 0 aromatic heterocycles. The van der Waals surface area contributed by atoms with Gasteiger partial charge in [0.1, 0.15) is 11.4 Å². The number of unbranched alkanes of at least 4 members (excludes halogenated alkanes) is 1. The second kappa shape index (κ2) is 9.29. The van der Waals surface area contributed by atoms with Crippen molar-refractivity contribution in [3.8, 4) is 5.75 Å². The third kappa shape index (κ3) is 6.15. The van der Waals surface area contributed by atoms with E-state index >= 15 is 0 Å². The normalized spacial score (nSPS) is 14.8. The summed E-state index contributed by atoms with van der Waals surface area (Å²) in [6.45, 7) is 14.0. The van der Waals surface area contributed by atoms with Gasteiger partial charge >= 0.3 is 0 Å². The summed E-state index contributed by atoms with van der Waals surface area (Å²) >= 11 is 0. The lowest BCUT2D eigenvalue weighted by Crippen LogP contribution is -2.36. The molecule has 0 bridgehead atoms. The molecule has 1 unspecified atom stereocenters. The van der Waals surface area contributed by atoms with Gasteiger partial charge in [0, 0.05) is 12.1 Å². The zero-order valence-electron chi connectivity index (χ0n) is 15.8. The minimum absolute atomic E-state index is 0.00393. The summed E-state index contributed by atoms with van der Waals surface area (Å²) in [7, 11) is 0. The first-order chi connectivity index (χ1) is 10.8. The lowest BCUT2D eigenvalue weighted by atomic mass is 10.0. The van der Waals surface area contributed by atoms with Crippen LogP contribution in [0.1, 0.15) is 72.4 Å². The largest absolute Gasteiger partial charge is 0.485 e. The summed E-state index contributed by atoms with van der Waals surface area (Å²) in [6, 6.07) is 9.30. The first-order valence-corrected chi connectivity index (χ1v) is 9.00. The predicted octanol–water partition coefficient (Wildman–Crippen LogP) is 4.80. The van der Waals surface area contributed by atoms with E-state index < -0.39 is 5.60 Å². The molecule has 0 amide bonds. The molecule has 0 aliphatic rings. The van der Waals surface area contributed by atoms with E-state index in [1.54, 1.807) is 0 Å². The number of aliphatic hydroxyl groups is 1. The average Bonchev–Trinajstić information content (AvgIpc) is 2.55. The van der Waals surface area contributed by atoms with E-state index in [1.807, 2.05) is 26.0 Å². The summed E-state index contributed by atoms with van der Waals surface area (Å²) in [5.74, 6) is 0.809. The van der Waals surface area contributed by atoms with E-state index in [2.05, 4.69) is 44.7 Å². The summed E-state index contributed by atoms with van der Waals surface area (Å²) in [5, 5.41) is 9.31. The molecular weight excluding hydrogens is 286 g/mol. The summed E-state index contributed by atoms with van der Waals surface area (Å²) in [5.41, 5.74) is 0.771. The molecule has 0 spiro atoms. The van der Waals surface area contributed by atoms with Crippen LogP contribution in [0.4, 0.5) is 0 Å². The van der Waals surface area contributed by atoms with E-state index in [-0.39, 0.29) is 6.61 Å². The molecule has 2 atom stereocenters. The van der Waals surface area contributed by atoms with E-state index in [0.29, 0.717) is 12.1 Å². The molecular formula is C20H35NO2. The van der Waals surface area contributed by atoms with Crippen LogP contribution in [0, 0.1) is 0 Å². The fraction of sp³-hybridized carbons (Fsp3) is 0.700. The van der Waals surface area contributed by atoms with Gasteiger partial charge in [-0.05, 0) is 64.8 Å². The lowest BCUT2D eigenvalue weighted by molar-refractivity contribution is 0.0412. The van der Waals surface area contributed by atoms with Crippen LogP contribution in [0.3, 0.4) is 0 Å². The fourth-order valence-electron chi connectivity index (χ4n) is 2.73. The zero-order chi connectivity index (χ0) is 17.5. The van der Waals surface area contributed by atoms with Crippen LogP contribution < -0.4 is 4.74 Å². The van der Waals surface area contributed by atoms with Gasteiger partial charge in [-0.25, -0.2) is 0 Å². The van der Waals surface area contributed by atoms with Gasteiger partial charge in [0.2, 0.25) is 0 Å². The molecule has 3 heteroatoms. The fourth-order valence-corrected chi connectivity index (χ4v) is 2.73. The van der Waals surface area contributed by atoms with Gasteiger partial charge in [0.25, 0.3) is 0 Å². The summed E-state index contributed by atoms with van der Waals surface area (Å²) in [6.07, 6.45) is 3.63. The smallest absolute Gasteiger partial charge is 0.126 e. The predicted molar refractivity (Wildman–Crippen MR) is 98.0 cm³/mol. The molecule has 0 aliphatic carbocycles.